The molecular weight excluding hydrogens is 461 g/mol. The van der Waals surface area contributed by atoms with Crippen LogP contribution in [0.15, 0.2) is 60.7 Å². The second-order valence-corrected chi connectivity index (χ2v) is 10.6. The summed E-state index contributed by atoms with van der Waals surface area (Å²) in [4.78, 5) is 0. The molecule has 26 heavy (non-hydrogen) atoms. The zero-order valence-electron chi connectivity index (χ0n) is 13.5. The molecule has 2 aromatic rings. The van der Waals surface area contributed by atoms with E-state index in [0.29, 0.717) is 0 Å². The van der Waals surface area contributed by atoms with Crippen LogP contribution in [0, 0.1) is 0 Å². The van der Waals surface area contributed by atoms with Crippen molar-refractivity contribution in [3.8, 4) is 0 Å². The highest BCUT2D eigenvalue weighted by Gasteiger charge is 2.39. The first-order chi connectivity index (χ1) is 12.1. The van der Waals surface area contributed by atoms with Gasteiger partial charge >= 0.3 is 0 Å². The fourth-order valence-electron chi connectivity index (χ4n) is 2.47. The Bertz CT molecular complexity index is 628. The van der Waals surface area contributed by atoms with Crippen molar-refractivity contribution in [3.63, 3.8) is 0 Å². The lowest BCUT2D eigenvalue weighted by atomic mass is 9.86. The van der Waals surface area contributed by atoms with Crippen LogP contribution in [0.1, 0.15) is 11.1 Å². The summed E-state index contributed by atoms with van der Waals surface area (Å²) >= 11 is 35.2. The highest BCUT2D eigenvalue weighted by Crippen LogP contribution is 2.38. The van der Waals surface area contributed by atoms with Crippen LogP contribution in [0.4, 0.5) is 0 Å². The summed E-state index contributed by atoms with van der Waals surface area (Å²) in [5.41, 5.74) is 0.608. The summed E-state index contributed by atoms with van der Waals surface area (Å²) < 4.78 is 8.68. The molecule has 2 nitrogen and oxygen atoms in total. The smallest absolute Gasteiger partial charge is 0.213 e. The Morgan fingerprint density at radius 3 is 1.38 bits per heavy atom. The molecule has 0 saturated carbocycles. The number of hydrogen-bond donors (Lipinski definition) is 0. The lowest BCUT2D eigenvalue weighted by Gasteiger charge is -2.36. The minimum atomic E-state index is -1.59. The van der Waals surface area contributed by atoms with Crippen LogP contribution in [0.2, 0.25) is 0 Å². The van der Waals surface area contributed by atoms with Gasteiger partial charge in [0.05, 0.1) is 19.8 Å². The number of benzene rings is 2. The van der Waals surface area contributed by atoms with E-state index in [-0.39, 0.29) is 19.8 Å². The van der Waals surface area contributed by atoms with Crippen molar-refractivity contribution < 1.29 is 9.47 Å². The van der Waals surface area contributed by atoms with Crippen molar-refractivity contribution in [2.45, 2.75) is 13.2 Å². The second kappa shape index (κ2) is 9.54. The van der Waals surface area contributed by atoms with Crippen LogP contribution in [0.3, 0.4) is 0 Å². The first kappa shape index (κ1) is 22.4. The van der Waals surface area contributed by atoms with Gasteiger partial charge < -0.3 is 9.47 Å². The largest absolute Gasteiger partial charge is 0.373 e. The lowest BCUT2D eigenvalue weighted by molar-refractivity contribution is -0.0747. The molecule has 2 rings (SSSR count). The average Bonchev–Trinajstić information content (AvgIpc) is 2.58. The van der Waals surface area contributed by atoms with Gasteiger partial charge in [-0.15, -0.1) is 0 Å². The van der Waals surface area contributed by atoms with E-state index in [2.05, 4.69) is 0 Å². The molecule has 0 amide bonds. The minimum absolute atomic E-state index is 0.0652. The minimum Gasteiger partial charge on any atom is -0.373 e. The van der Waals surface area contributed by atoms with Crippen LogP contribution < -0.4 is 0 Å². The van der Waals surface area contributed by atoms with E-state index in [9.17, 15) is 0 Å². The van der Waals surface area contributed by atoms with Gasteiger partial charge in [-0.3, -0.25) is 0 Å². The zero-order chi connectivity index (χ0) is 19.3. The molecule has 2 aromatic carbocycles. The molecule has 0 aliphatic rings. The van der Waals surface area contributed by atoms with E-state index >= 15 is 0 Å². The van der Waals surface area contributed by atoms with Crippen LogP contribution in [-0.2, 0) is 15.1 Å². The maximum atomic E-state index is 6.13. The third-order valence-corrected chi connectivity index (χ3v) is 4.19. The molecule has 142 valence electrons. The molecule has 0 saturated heterocycles. The van der Waals surface area contributed by atoms with Crippen molar-refractivity contribution in [2.75, 3.05) is 19.8 Å². The predicted molar refractivity (Wildman–Crippen MR) is 111 cm³/mol. The SMILES string of the molecule is ClC(Cl)(Cl)COCC(OCC(Cl)(Cl)Cl)(c1ccccc1)c1ccccc1. The maximum absolute atomic E-state index is 6.13. The molecule has 0 aromatic heterocycles. The van der Waals surface area contributed by atoms with Crippen molar-refractivity contribution in [2.24, 2.45) is 0 Å². The van der Waals surface area contributed by atoms with Crippen molar-refractivity contribution in [1.29, 1.82) is 0 Å². The van der Waals surface area contributed by atoms with Crippen LogP contribution in [-0.4, -0.2) is 27.4 Å². The van der Waals surface area contributed by atoms with Gasteiger partial charge in [-0.2, -0.15) is 0 Å². The summed E-state index contributed by atoms with van der Waals surface area (Å²) in [5, 5.41) is 0. The molecule has 0 spiro atoms. The number of alkyl halides is 6. The normalized spacial score (nSPS) is 13.0. The quantitative estimate of drug-likeness (QED) is 0.414. The van der Waals surface area contributed by atoms with Gasteiger partial charge in [0.2, 0.25) is 7.59 Å². The van der Waals surface area contributed by atoms with Crippen LogP contribution >= 0.6 is 69.6 Å². The van der Waals surface area contributed by atoms with Crippen molar-refractivity contribution in [3.05, 3.63) is 71.8 Å². The van der Waals surface area contributed by atoms with E-state index in [1.165, 1.54) is 0 Å². The molecule has 0 bridgehead atoms. The van der Waals surface area contributed by atoms with Gasteiger partial charge in [0.15, 0.2) is 0 Å². The Morgan fingerprint density at radius 1 is 0.577 bits per heavy atom. The third kappa shape index (κ3) is 6.92. The Kier molecular flexibility index (Phi) is 8.21. The molecule has 0 aliphatic heterocycles. The summed E-state index contributed by atoms with van der Waals surface area (Å²) in [6, 6.07) is 19.0. The molecule has 0 heterocycles. The van der Waals surface area contributed by atoms with Gasteiger partial charge in [-0.05, 0) is 11.1 Å². The second-order valence-electron chi connectivity index (χ2n) is 5.57. The fraction of sp³-hybridized carbons (Fsp3) is 0.333. The monoisotopic (exact) mass is 474 g/mol. The van der Waals surface area contributed by atoms with Gasteiger partial charge in [-0.1, -0.05) is 130 Å². The Hall–Kier alpha value is 0.100. The average molecular weight is 477 g/mol. The molecule has 0 N–H and O–H groups in total. The van der Waals surface area contributed by atoms with Gasteiger partial charge in [0.1, 0.15) is 5.60 Å². The predicted octanol–water partition coefficient (Wildman–Crippen LogP) is 6.70. The van der Waals surface area contributed by atoms with E-state index in [1.807, 2.05) is 60.7 Å². The molecule has 0 unspecified atom stereocenters. The Balaban J connectivity index is 2.44. The fourth-order valence-corrected chi connectivity index (χ4v) is 2.87. The first-order valence-corrected chi connectivity index (χ1v) is 9.85. The van der Waals surface area contributed by atoms with Gasteiger partial charge in [0.25, 0.3) is 0 Å². The Labute approximate surface area is 183 Å². The Morgan fingerprint density at radius 2 is 1.00 bits per heavy atom. The summed E-state index contributed by atoms with van der Waals surface area (Å²) in [6.07, 6.45) is 0. The summed E-state index contributed by atoms with van der Waals surface area (Å²) in [5.74, 6) is 0. The molecular formula is C18H16Cl6O2. The number of ether oxygens (including phenoxy) is 2. The van der Waals surface area contributed by atoms with Crippen LogP contribution in [0.25, 0.3) is 0 Å². The molecule has 8 heteroatoms. The van der Waals surface area contributed by atoms with E-state index in [1.54, 1.807) is 0 Å². The zero-order valence-corrected chi connectivity index (χ0v) is 18.0. The standard InChI is InChI=1S/C18H16Cl6O2/c19-17(20,21)12-25-11-16(26-13-18(22,23)24,14-7-3-1-4-8-14)15-9-5-2-6-10-15/h1-10H,11-13H2. The van der Waals surface area contributed by atoms with Gasteiger partial charge in [-0.25, -0.2) is 0 Å². The van der Waals surface area contributed by atoms with Crippen molar-refractivity contribution >= 4 is 69.6 Å². The third-order valence-electron chi connectivity index (χ3n) is 3.53. The highest BCUT2D eigenvalue weighted by atomic mass is 35.6. The van der Waals surface area contributed by atoms with Crippen LogP contribution in [0.5, 0.6) is 0 Å². The highest BCUT2D eigenvalue weighted by molar-refractivity contribution is 6.68. The summed E-state index contributed by atoms with van der Waals surface area (Å²) in [6.45, 7) is -0.204. The van der Waals surface area contributed by atoms with E-state index in [4.69, 9.17) is 79.1 Å². The maximum Gasteiger partial charge on any atom is 0.213 e. The van der Waals surface area contributed by atoms with Gasteiger partial charge in [0, 0.05) is 0 Å². The molecule has 0 aliphatic carbocycles. The number of rotatable bonds is 7. The van der Waals surface area contributed by atoms with E-state index < -0.39 is 13.2 Å². The van der Waals surface area contributed by atoms with E-state index in [0.717, 1.165) is 11.1 Å². The first-order valence-electron chi connectivity index (χ1n) is 7.59. The summed E-state index contributed by atoms with van der Waals surface area (Å²) in [7, 11) is 0. The number of hydrogen-bond acceptors (Lipinski definition) is 2. The molecule has 0 radical (unpaired) electrons. The molecule has 0 fully saturated rings. The van der Waals surface area contributed by atoms with Crippen molar-refractivity contribution in [1.82, 2.24) is 0 Å². The topological polar surface area (TPSA) is 18.5 Å². The molecule has 0 atom stereocenters. The number of halogens is 6. The lowest BCUT2D eigenvalue weighted by Crippen LogP contribution is -2.39.